The average Bonchev–Trinajstić information content (AvgIpc) is 2.78. The number of piperazine rings is 1. The fraction of sp³-hybridized carbons (Fsp3) is 0.556. The lowest BCUT2D eigenvalue weighted by Gasteiger charge is -2.49. The molecule has 0 bridgehead atoms. The molecule has 0 aromatic heterocycles. The number of hydrogen-bond donors (Lipinski definition) is 2. The molecule has 1 unspecified atom stereocenters. The molecule has 7 heteroatoms. The van der Waals surface area contributed by atoms with Gasteiger partial charge in [-0.25, -0.2) is 9.18 Å². The number of urea groups is 1. The maximum absolute atomic E-state index is 13.2. The van der Waals surface area contributed by atoms with Crippen LogP contribution in [0.2, 0.25) is 0 Å². The third-order valence-corrected chi connectivity index (χ3v) is 5.35. The lowest BCUT2D eigenvalue weighted by molar-refractivity contribution is -0.121. The molecule has 2 heterocycles. The van der Waals surface area contributed by atoms with Gasteiger partial charge >= 0.3 is 6.03 Å². The molecule has 3 rings (SSSR count). The molecule has 1 aromatic carbocycles. The molecule has 2 N–H and O–H groups in total. The summed E-state index contributed by atoms with van der Waals surface area (Å²) in [4.78, 5) is 28.3. The third kappa shape index (κ3) is 4.10. The van der Waals surface area contributed by atoms with E-state index in [2.05, 4.69) is 22.6 Å². The highest BCUT2D eigenvalue weighted by atomic mass is 19.1. The quantitative estimate of drug-likeness (QED) is 0.847. The largest absolute Gasteiger partial charge is 0.356 e. The molecule has 0 radical (unpaired) electrons. The Balaban J connectivity index is 1.62. The van der Waals surface area contributed by atoms with Crippen molar-refractivity contribution in [1.29, 1.82) is 0 Å². The van der Waals surface area contributed by atoms with Gasteiger partial charge in [0.25, 0.3) is 0 Å². The van der Waals surface area contributed by atoms with E-state index in [1.165, 1.54) is 12.1 Å². The number of amides is 3. The van der Waals surface area contributed by atoms with Gasteiger partial charge in [-0.15, -0.1) is 0 Å². The second-order valence-electron chi connectivity index (χ2n) is 6.96. The van der Waals surface area contributed by atoms with Crippen LogP contribution in [0, 0.1) is 5.82 Å². The van der Waals surface area contributed by atoms with E-state index in [9.17, 15) is 14.0 Å². The van der Waals surface area contributed by atoms with Crippen molar-refractivity contribution in [2.75, 3.05) is 33.2 Å². The standard InChI is InChI=1S/C18H25FN4O2/c1-22-9-10-23(13-18(22)6-5-16(24)20-8-7-18)17(25)21-12-14-3-2-4-15(19)11-14/h2-4,11H,5-10,12-13H2,1H3,(H,20,24)(H,21,25). The highest BCUT2D eigenvalue weighted by Gasteiger charge is 2.42. The van der Waals surface area contributed by atoms with Crippen LogP contribution in [0.5, 0.6) is 0 Å². The number of benzene rings is 1. The SMILES string of the molecule is CN1CCN(C(=O)NCc2cccc(F)c2)CC12CCNC(=O)CC2. The minimum atomic E-state index is -0.305. The van der Waals surface area contributed by atoms with Crippen molar-refractivity contribution in [3.8, 4) is 0 Å². The molecule has 0 saturated carbocycles. The Hall–Kier alpha value is -2.15. The summed E-state index contributed by atoms with van der Waals surface area (Å²) in [6.07, 6.45) is 2.08. The van der Waals surface area contributed by atoms with Crippen molar-refractivity contribution >= 4 is 11.9 Å². The Labute approximate surface area is 147 Å². The van der Waals surface area contributed by atoms with E-state index in [0.29, 0.717) is 32.6 Å². The molecule has 2 saturated heterocycles. The minimum absolute atomic E-state index is 0.0814. The Morgan fingerprint density at radius 2 is 2.20 bits per heavy atom. The molecule has 0 aliphatic carbocycles. The third-order valence-electron chi connectivity index (χ3n) is 5.35. The summed E-state index contributed by atoms with van der Waals surface area (Å²) < 4.78 is 13.2. The monoisotopic (exact) mass is 348 g/mol. The van der Waals surface area contributed by atoms with Gasteiger partial charge < -0.3 is 15.5 Å². The predicted octanol–water partition coefficient (Wildman–Crippen LogP) is 1.32. The van der Waals surface area contributed by atoms with Crippen LogP contribution in [0.1, 0.15) is 24.8 Å². The predicted molar refractivity (Wildman–Crippen MR) is 92.4 cm³/mol. The number of rotatable bonds is 2. The fourth-order valence-corrected chi connectivity index (χ4v) is 3.71. The molecule has 3 amide bonds. The van der Waals surface area contributed by atoms with Gasteiger partial charge in [-0.3, -0.25) is 9.69 Å². The van der Waals surface area contributed by atoms with E-state index in [4.69, 9.17) is 0 Å². The first-order valence-corrected chi connectivity index (χ1v) is 8.74. The van der Waals surface area contributed by atoms with Gasteiger partial charge in [0.15, 0.2) is 0 Å². The van der Waals surface area contributed by atoms with Gasteiger partial charge in [0, 0.05) is 44.7 Å². The Kier molecular flexibility index (Phi) is 5.22. The van der Waals surface area contributed by atoms with Crippen LogP contribution in [0.15, 0.2) is 24.3 Å². The molecule has 136 valence electrons. The molecule has 1 spiro atoms. The maximum atomic E-state index is 13.2. The molecule has 2 aliphatic rings. The number of nitrogens with zero attached hydrogens (tertiary/aromatic N) is 2. The van der Waals surface area contributed by atoms with Crippen molar-refractivity contribution in [3.63, 3.8) is 0 Å². The number of nitrogens with one attached hydrogen (secondary N) is 2. The minimum Gasteiger partial charge on any atom is -0.356 e. The Morgan fingerprint density at radius 1 is 1.36 bits per heavy atom. The van der Waals surface area contributed by atoms with Crippen molar-refractivity contribution in [3.05, 3.63) is 35.6 Å². The molecular formula is C18H25FN4O2. The van der Waals surface area contributed by atoms with E-state index in [1.54, 1.807) is 12.1 Å². The van der Waals surface area contributed by atoms with Crippen molar-refractivity contribution < 1.29 is 14.0 Å². The van der Waals surface area contributed by atoms with E-state index in [1.807, 2.05) is 4.90 Å². The number of hydrogen-bond acceptors (Lipinski definition) is 3. The molecular weight excluding hydrogens is 323 g/mol. The molecule has 25 heavy (non-hydrogen) atoms. The summed E-state index contributed by atoms with van der Waals surface area (Å²) >= 11 is 0. The summed E-state index contributed by atoms with van der Waals surface area (Å²) in [5.74, 6) is -0.223. The van der Waals surface area contributed by atoms with E-state index in [-0.39, 0.29) is 23.3 Å². The first-order chi connectivity index (χ1) is 12.0. The number of halogens is 1. The second kappa shape index (κ2) is 7.39. The van der Waals surface area contributed by atoms with Gasteiger partial charge in [0.1, 0.15) is 5.82 Å². The molecule has 1 atom stereocenters. The van der Waals surface area contributed by atoms with Gasteiger partial charge in [0.05, 0.1) is 0 Å². The summed E-state index contributed by atoms with van der Waals surface area (Å²) in [6.45, 7) is 2.97. The zero-order valence-corrected chi connectivity index (χ0v) is 14.6. The molecule has 1 aromatic rings. The summed E-state index contributed by atoms with van der Waals surface area (Å²) in [6, 6.07) is 6.10. The molecule has 6 nitrogen and oxygen atoms in total. The van der Waals surface area contributed by atoms with Gasteiger partial charge in [-0.05, 0) is 37.6 Å². The first-order valence-electron chi connectivity index (χ1n) is 8.74. The molecule has 2 fully saturated rings. The van der Waals surface area contributed by atoms with Crippen molar-refractivity contribution in [2.45, 2.75) is 31.3 Å². The number of carbonyl (C=O) groups excluding carboxylic acids is 2. The average molecular weight is 348 g/mol. The van der Waals surface area contributed by atoms with E-state index in [0.717, 1.165) is 24.9 Å². The van der Waals surface area contributed by atoms with Crippen LogP contribution in [-0.4, -0.2) is 60.5 Å². The topological polar surface area (TPSA) is 64.7 Å². The maximum Gasteiger partial charge on any atom is 0.317 e. The highest BCUT2D eigenvalue weighted by molar-refractivity contribution is 5.76. The summed E-state index contributed by atoms with van der Waals surface area (Å²) in [5.41, 5.74) is 0.578. The van der Waals surface area contributed by atoms with Crippen molar-refractivity contribution in [1.82, 2.24) is 20.4 Å². The Bertz CT molecular complexity index is 654. The Morgan fingerprint density at radius 3 is 3.00 bits per heavy atom. The zero-order chi connectivity index (χ0) is 17.9. The zero-order valence-electron chi connectivity index (χ0n) is 14.6. The van der Waals surface area contributed by atoms with E-state index < -0.39 is 0 Å². The highest BCUT2D eigenvalue weighted by Crippen LogP contribution is 2.30. The van der Waals surface area contributed by atoms with Gasteiger partial charge in [0.2, 0.25) is 5.91 Å². The normalized spacial score (nSPS) is 24.7. The smallest absolute Gasteiger partial charge is 0.317 e. The van der Waals surface area contributed by atoms with Crippen LogP contribution in [0.25, 0.3) is 0 Å². The van der Waals surface area contributed by atoms with Crippen LogP contribution >= 0.6 is 0 Å². The first kappa shape index (κ1) is 17.7. The number of carbonyl (C=O) groups is 2. The summed E-state index contributed by atoms with van der Waals surface area (Å²) in [5, 5.41) is 5.79. The number of likely N-dealkylation sites (N-methyl/N-ethyl adjacent to an activating group) is 1. The van der Waals surface area contributed by atoms with Crippen molar-refractivity contribution in [2.24, 2.45) is 0 Å². The van der Waals surface area contributed by atoms with Crippen LogP contribution in [-0.2, 0) is 11.3 Å². The van der Waals surface area contributed by atoms with E-state index >= 15 is 0 Å². The fourth-order valence-electron chi connectivity index (χ4n) is 3.71. The van der Waals surface area contributed by atoms with Gasteiger partial charge in [-0.2, -0.15) is 0 Å². The lowest BCUT2D eigenvalue weighted by atomic mass is 9.86. The van der Waals surface area contributed by atoms with Crippen LogP contribution in [0.3, 0.4) is 0 Å². The second-order valence-corrected chi connectivity index (χ2v) is 6.96. The van der Waals surface area contributed by atoms with Crippen LogP contribution < -0.4 is 10.6 Å². The lowest BCUT2D eigenvalue weighted by Crippen LogP contribution is -2.63. The van der Waals surface area contributed by atoms with Gasteiger partial charge in [-0.1, -0.05) is 12.1 Å². The molecule has 2 aliphatic heterocycles. The van der Waals surface area contributed by atoms with Crippen LogP contribution in [0.4, 0.5) is 9.18 Å². The summed E-state index contributed by atoms with van der Waals surface area (Å²) in [7, 11) is 2.07.